The summed E-state index contributed by atoms with van der Waals surface area (Å²) in [4.78, 5) is 16.6. The van der Waals surface area contributed by atoms with Gasteiger partial charge in [-0.3, -0.25) is 4.79 Å². The summed E-state index contributed by atoms with van der Waals surface area (Å²) in [5.41, 5.74) is 7.44. The summed E-state index contributed by atoms with van der Waals surface area (Å²) in [7, 11) is 0. The van der Waals surface area contributed by atoms with Gasteiger partial charge in [0.2, 0.25) is 5.91 Å². The standard InChI is InChI=1S/C17H16N2OS/c1-11-15(10-16(18)20)21-17(19-11)9-13-7-4-6-12-5-2-3-8-14(12)13/h2-8H,9-10H2,1H3,(H2,18,20). The number of hydrogen-bond donors (Lipinski definition) is 1. The van der Waals surface area contributed by atoms with Crippen molar-refractivity contribution in [3.8, 4) is 0 Å². The van der Waals surface area contributed by atoms with Crippen molar-refractivity contribution in [1.29, 1.82) is 0 Å². The highest BCUT2D eigenvalue weighted by Gasteiger charge is 2.11. The molecular formula is C17H16N2OS. The molecule has 0 spiro atoms. The highest BCUT2D eigenvalue weighted by Crippen LogP contribution is 2.25. The molecule has 0 saturated heterocycles. The molecule has 0 aliphatic heterocycles. The fourth-order valence-corrected chi connectivity index (χ4v) is 3.60. The van der Waals surface area contributed by atoms with Crippen LogP contribution in [-0.2, 0) is 17.6 Å². The average Bonchev–Trinajstić information content (AvgIpc) is 2.78. The Kier molecular flexibility index (Phi) is 3.71. The Hall–Kier alpha value is -2.20. The first-order chi connectivity index (χ1) is 10.1. The summed E-state index contributed by atoms with van der Waals surface area (Å²) in [6.07, 6.45) is 1.06. The molecule has 3 rings (SSSR count). The van der Waals surface area contributed by atoms with E-state index < -0.39 is 0 Å². The Morgan fingerprint density at radius 1 is 1.19 bits per heavy atom. The predicted octanol–water partition coefficient (Wildman–Crippen LogP) is 3.22. The minimum Gasteiger partial charge on any atom is -0.369 e. The van der Waals surface area contributed by atoms with Gasteiger partial charge in [-0.2, -0.15) is 0 Å². The molecule has 0 aliphatic carbocycles. The molecular weight excluding hydrogens is 280 g/mol. The molecule has 0 fully saturated rings. The van der Waals surface area contributed by atoms with Crippen LogP contribution in [0.3, 0.4) is 0 Å². The lowest BCUT2D eigenvalue weighted by molar-refractivity contribution is -0.117. The second-order valence-electron chi connectivity index (χ2n) is 5.07. The molecule has 2 aromatic carbocycles. The zero-order chi connectivity index (χ0) is 14.8. The van der Waals surface area contributed by atoms with Crippen LogP contribution in [0.25, 0.3) is 10.8 Å². The smallest absolute Gasteiger partial charge is 0.222 e. The Bertz CT molecular complexity index is 802. The summed E-state index contributed by atoms with van der Waals surface area (Å²) in [6, 6.07) is 14.7. The number of amides is 1. The highest BCUT2D eigenvalue weighted by molar-refractivity contribution is 7.11. The summed E-state index contributed by atoms with van der Waals surface area (Å²) < 4.78 is 0. The molecule has 1 aromatic heterocycles. The van der Waals surface area contributed by atoms with Crippen LogP contribution in [0.4, 0.5) is 0 Å². The number of primary amides is 1. The number of nitrogens with zero attached hydrogens (tertiary/aromatic N) is 1. The molecule has 1 amide bonds. The third kappa shape index (κ3) is 2.95. The van der Waals surface area contributed by atoms with Crippen LogP contribution in [0, 0.1) is 6.92 Å². The van der Waals surface area contributed by atoms with Gasteiger partial charge in [-0.25, -0.2) is 4.98 Å². The van der Waals surface area contributed by atoms with Gasteiger partial charge in [0.05, 0.1) is 17.1 Å². The van der Waals surface area contributed by atoms with Crippen LogP contribution >= 0.6 is 11.3 Å². The first-order valence-corrected chi connectivity index (χ1v) is 7.65. The molecule has 2 N–H and O–H groups in total. The van der Waals surface area contributed by atoms with Crippen molar-refractivity contribution < 1.29 is 4.79 Å². The summed E-state index contributed by atoms with van der Waals surface area (Å²) in [5, 5.41) is 3.52. The molecule has 0 atom stereocenters. The second kappa shape index (κ2) is 5.66. The second-order valence-corrected chi connectivity index (χ2v) is 6.24. The predicted molar refractivity (Wildman–Crippen MR) is 86.5 cm³/mol. The van der Waals surface area contributed by atoms with Crippen molar-refractivity contribution in [2.24, 2.45) is 5.73 Å². The van der Waals surface area contributed by atoms with Gasteiger partial charge in [0.15, 0.2) is 0 Å². The molecule has 0 saturated carbocycles. The lowest BCUT2D eigenvalue weighted by Gasteiger charge is -2.04. The minimum absolute atomic E-state index is 0.277. The molecule has 4 heteroatoms. The Morgan fingerprint density at radius 2 is 1.95 bits per heavy atom. The van der Waals surface area contributed by atoms with E-state index in [1.807, 2.05) is 13.0 Å². The van der Waals surface area contributed by atoms with Gasteiger partial charge in [-0.05, 0) is 23.3 Å². The monoisotopic (exact) mass is 296 g/mol. The third-order valence-electron chi connectivity index (χ3n) is 3.49. The van der Waals surface area contributed by atoms with Crippen LogP contribution in [0.1, 0.15) is 21.1 Å². The number of carbonyl (C=O) groups excluding carboxylic acids is 1. The molecule has 0 radical (unpaired) electrons. The zero-order valence-corrected chi connectivity index (χ0v) is 12.6. The number of aryl methyl sites for hydroxylation is 1. The van der Waals surface area contributed by atoms with Crippen molar-refractivity contribution in [3.05, 3.63) is 63.6 Å². The molecule has 21 heavy (non-hydrogen) atoms. The first-order valence-electron chi connectivity index (χ1n) is 6.83. The number of benzene rings is 2. The summed E-state index contributed by atoms with van der Waals surface area (Å²) in [5.74, 6) is -0.307. The Labute approximate surface area is 127 Å². The number of carbonyl (C=O) groups is 1. The van der Waals surface area contributed by atoms with E-state index in [1.54, 1.807) is 11.3 Å². The SMILES string of the molecule is Cc1nc(Cc2cccc3ccccc23)sc1CC(N)=O. The van der Waals surface area contributed by atoms with E-state index in [0.29, 0.717) is 0 Å². The van der Waals surface area contributed by atoms with E-state index in [0.717, 1.165) is 22.0 Å². The molecule has 3 aromatic rings. The van der Waals surface area contributed by atoms with E-state index in [2.05, 4.69) is 41.4 Å². The van der Waals surface area contributed by atoms with Gasteiger partial charge in [-0.15, -0.1) is 11.3 Å². The van der Waals surface area contributed by atoms with Crippen molar-refractivity contribution in [2.75, 3.05) is 0 Å². The molecule has 0 unspecified atom stereocenters. The van der Waals surface area contributed by atoms with Crippen LogP contribution in [0.2, 0.25) is 0 Å². The van der Waals surface area contributed by atoms with Crippen LogP contribution in [-0.4, -0.2) is 10.9 Å². The zero-order valence-electron chi connectivity index (χ0n) is 11.8. The van der Waals surface area contributed by atoms with Gasteiger partial charge in [0.25, 0.3) is 0 Å². The summed E-state index contributed by atoms with van der Waals surface area (Å²) >= 11 is 1.58. The molecule has 0 bridgehead atoms. The topological polar surface area (TPSA) is 56.0 Å². The molecule has 3 nitrogen and oxygen atoms in total. The number of aromatic nitrogens is 1. The van der Waals surface area contributed by atoms with Crippen LogP contribution in [0.5, 0.6) is 0 Å². The fourth-order valence-electron chi connectivity index (χ4n) is 2.50. The van der Waals surface area contributed by atoms with Gasteiger partial charge in [0, 0.05) is 11.3 Å². The number of hydrogen-bond acceptors (Lipinski definition) is 3. The van der Waals surface area contributed by atoms with Crippen molar-refractivity contribution in [1.82, 2.24) is 4.98 Å². The van der Waals surface area contributed by atoms with Crippen LogP contribution in [0.15, 0.2) is 42.5 Å². The quantitative estimate of drug-likeness (QED) is 0.803. The third-order valence-corrected chi connectivity index (χ3v) is 4.65. The lowest BCUT2D eigenvalue weighted by Crippen LogP contribution is -2.13. The van der Waals surface area contributed by atoms with Gasteiger partial charge in [-0.1, -0.05) is 42.5 Å². The minimum atomic E-state index is -0.307. The Morgan fingerprint density at radius 3 is 2.76 bits per heavy atom. The van der Waals surface area contributed by atoms with Crippen LogP contribution < -0.4 is 5.73 Å². The maximum atomic E-state index is 11.1. The van der Waals surface area contributed by atoms with Gasteiger partial charge < -0.3 is 5.73 Å². The fraction of sp³-hybridized carbons (Fsp3) is 0.176. The first kappa shape index (κ1) is 13.8. The molecule has 1 heterocycles. The number of fused-ring (bicyclic) bond motifs is 1. The van der Waals surface area contributed by atoms with Crippen molar-refractivity contribution in [3.63, 3.8) is 0 Å². The highest BCUT2D eigenvalue weighted by atomic mass is 32.1. The normalized spacial score (nSPS) is 10.9. The van der Waals surface area contributed by atoms with Crippen molar-refractivity contribution in [2.45, 2.75) is 19.8 Å². The van der Waals surface area contributed by atoms with E-state index in [-0.39, 0.29) is 12.3 Å². The number of thiazole rings is 1. The van der Waals surface area contributed by atoms with Gasteiger partial charge >= 0.3 is 0 Å². The van der Waals surface area contributed by atoms with E-state index in [1.165, 1.54) is 16.3 Å². The van der Waals surface area contributed by atoms with E-state index in [4.69, 9.17) is 5.73 Å². The maximum Gasteiger partial charge on any atom is 0.222 e. The molecule has 106 valence electrons. The largest absolute Gasteiger partial charge is 0.369 e. The number of rotatable bonds is 4. The lowest BCUT2D eigenvalue weighted by atomic mass is 10.0. The number of nitrogens with two attached hydrogens (primary N) is 1. The van der Waals surface area contributed by atoms with Gasteiger partial charge in [0.1, 0.15) is 0 Å². The van der Waals surface area contributed by atoms with E-state index in [9.17, 15) is 4.79 Å². The molecule has 0 aliphatic rings. The van der Waals surface area contributed by atoms with E-state index >= 15 is 0 Å². The van der Waals surface area contributed by atoms with Crippen molar-refractivity contribution >= 4 is 28.0 Å². The summed E-state index contributed by atoms with van der Waals surface area (Å²) in [6.45, 7) is 1.93. The maximum absolute atomic E-state index is 11.1. The average molecular weight is 296 g/mol. The Balaban J connectivity index is 1.94.